The second-order valence-corrected chi connectivity index (χ2v) is 12.3. The van der Waals surface area contributed by atoms with Gasteiger partial charge in [-0.1, -0.05) is 140 Å². The Kier molecular flexibility index (Phi) is 5.70. The van der Waals surface area contributed by atoms with Crippen LogP contribution < -0.4 is 25.9 Å². The molecule has 2 heterocycles. The predicted molar refractivity (Wildman–Crippen MR) is 195 cm³/mol. The van der Waals surface area contributed by atoms with E-state index in [1.807, 2.05) is 18.2 Å². The van der Waals surface area contributed by atoms with Gasteiger partial charge in [0.25, 0.3) is 6.71 Å². The minimum atomic E-state index is 0.0533. The zero-order valence-electron chi connectivity index (χ0n) is 25.5. The minimum Gasteiger partial charge on any atom is -0.458 e. The molecule has 8 aromatic carbocycles. The summed E-state index contributed by atoms with van der Waals surface area (Å²) in [5, 5.41) is 4.99. The number of rotatable bonds is 3. The molecule has 2 nitrogen and oxygen atoms in total. The standard InChI is InChI=1S/C44H27BO2/c1-2-13-28(14-3-1)42-32-17-6-8-19-34(32)43(35-20-9-7-18-33(35)42)31-16-5-4-15-30(31)29-25-26-37-41(27-29)47-40-24-12-23-39-44(40)45(37)36-21-10-11-22-38(36)46-39/h1-27H. The van der Waals surface area contributed by atoms with Gasteiger partial charge in [0.15, 0.2) is 0 Å². The van der Waals surface area contributed by atoms with E-state index in [0.717, 1.165) is 39.5 Å². The van der Waals surface area contributed by atoms with Crippen LogP contribution >= 0.6 is 0 Å². The summed E-state index contributed by atoms with van der Waals surface area (Å²) >= 11 is 0. The fourth-order valence-electron chi connectivity index (χ4n) is 7.83. The van der Waals surface area contributed by atoms with Crippen molar-refractivity contribution in [3.63, 3.8) is 0 Å². The highest BCUT2D eigenvalue weighted by molar-refractivity contribution is 6.98. The summed E-state index contributed by atoms with van der Waals surface area (Å²) in [7, 11) is 0. The Labute approximate surface area is 273 Å². The molecule has 0 N–H and O–H groups in total. The SMILES string of the molecule is c1ccc(-c2c3ccccc3c(-c3ccccc3-c3ccc4c(c3)Oc3cccc5c3B4c3ccccc3O5)c3ccccc23)cc1. The predicted octanol–water partition coefficient (Wildman–Crippen LogP) is 9.72. The average molecular weight is 599 g/mol. The van der Waals surface area contributed by atoms with Crippen molar-refractivity contribution in [2.45, 2.75) is 0 Å². The van der Waals surface area contributed by atoms with Crippen molar-refractivity contribution in [2.75, 3.05) is 0 Å². The molecule has 2 aliphatic rings. The maximum absolute atomic E-state index is 6.67. The van der Waals surface area contributed by atoms with E-state index in [-0.39, 0.29) is 6.71 Å². The summed E-state index contributed by atoms with van der Waals surface area (Å²) in [5.74, 6) is 3.51. The zero-order chi connectivity index (χ0) is 30.9. The Morgan fingerprint density at radius 1 is 0.340 bits per heavy atom. The van der Waals surface area contributed by atoms with E-state index in [9.17, 15) is 0 Å². The molecule has 0 bridgehead atoms. The second kappa shape index (κ2) is 10.2. The van der Waals surface area contributed by atoms with E-state index >= 15 is 0 Å². The van der Waals surface area contributed by atoms with Crippen molar-refractivity contribution in [3.05, 3.63) is 164 Å². The maximum Gasteiger partial charge on any atom is 0.260 e. The Morgan fingerprint density at radius 3 is 1.60 bits per heavy atom. The van der Waals surface area contributed by atoms with E-state index in [2.05, 4.69) is 146 Å². The third-order valence-electron chi connectivity index (χ3n) is 9.81. The molecular formula is C44H27BO2. The number of fused-ring (bicyclic) bond motifs is 6. The molecule has 0 radical (unpaired) electrons. The van der Waals surface area contributed by atoms with Crippen LogP contribution in [0.2, 0.25) is 0 Å². The largest absolute Gasteiger partial charge is 0.458 e. The summed E-state index contributed by atoms with van der Waals surface area (Å²) in [6.07, 6.45) is 0. The van der Waals surface area contributed by atoms with Crippen LogP contribution in [-0.4, -0.2) is 6.71 Å². The molecular weight excluding hydrogens is 571 g/mol. The summed E-state index contributed by atoms with van der Waals surface area (Å²) in [6, 6.07) is 58.4. The highest BCUT2D eigenvalue weighted by Crippen LogP contribution is 2.46. The molecule has 8 aromatic rings. The fraction of sp³-hybridized carbons (Fsp3) is 0. The third-order valence-corrected chi connectivity index (χ3v) is 9.81. The number of hydrogen-bond acceptors (Lipinski definition) is 2. The van der Waals surface area contributed by atoms with Gasteiger partial charge in [0.2, 0.25) is 0 Å². The molecule has 10 rings (SSSR count). The zero-order valence-corrected chi connectivity index (χ0v) is 25.5. The molecule has 0 fully saturated rings. The molecule has 0 amide bonds. The molecule has 218 valence electrons. The highest BCUT2D eigenvalue weighted by atomic mass is 16.5. The number of benzene rings is 8. The normalized spacial score (nSPS) is 12.6. The number of hydrogen-bond donors (Lipinski definition) is 0. The Balaban J connectivity index is 1.20. The summed E-state index contributed by atoms with van der Waals surface area (Å²) in [6.45, 7) is 0.0533. The van der Waals surface area contributed by atoms with Crippen molar-refractivity contribution >= 4 is 44.6 Å². The Hall–Kier alpha value is -6.06. The lowest BCUT2D eigenvalue weighted by Gasteiger charge is -2.33. The van der Waals surface area contributed by atoms with Crippen molar-refractivity contribution < 1.29 is 9.47 Å². The van der Waals surface area contributed by atoms with Crippen LogP contribution in [-0.2, 0) is 0 Å². The van der Waals surface area contributed by atoms with Gasteiger partial charge in [0, 0.05) is 5.46 Å². The molecule has 2 aliphatic heterocycles. The molecule has 0 atom stereocenters. The van der Waals surface area contributed by atoms with Gasteiger partial charge in [0.1, 0.15) is 23.0 Å². The van der Waals surface area contributed by atoms with Crippen molar-refractivity contribution in [1.29, 1.82) is 0 Å². The van der Waals surface area contributed by atoms with Crippen LogP contribution in [0.4, 0.5) is 0 Å². The topological polar surface area (TPSA) is 18.5 Å². The summed E-state index contributed by atoms with van der Waals surface area (Å²) in [5.41, 5.74) is 10.7. The van der Waals surface area contributed by atoms with Gasteiger partial charge in [-0.05, 0) is 90.1 Å². The van der Waals surface area contributed by atoms with E-state index in [1.54, 1.807) is 0 Å². The monoisotopic (exact) mass is 598 g/mol. The lowest BCUT2D eigenvalue weighted by Crippen LogP contribution is -2.57. The minimum absolute atomic E-state index is 0.0533. The molecule has 0 aromatic heterocycles. The Bertz CT molecular complexity index is 2480. The van der Waals surface area contributed by atoms with Gasteiger partial charge in [-0.25, -0.2) is 0 Å². The van der Waals surface area contributed by atoms with Crippen LogP contribution in [0.5, 0.6) is 23.0 Å². The van der Waals surface area contributed by atoms with Crippen molar-refractivity contribution in [3.8, 4) is 56.4 Å². The number of ether oxygens (including phenoxy) is 2. The molecule has 0 aliphatic carbocycles. The number of para-hydroxylation sites is 1. The molecule has 0 saturated carbocycles. The quantitative estimate of drug-likeness (QED) is 0.149. The van der Waals surface area contributed by atoms with Crippen LogP contribution in [0.1, 0.15) is 0 Å². The summed E-state index contributed by atoms with van der Waals surface area (Å²) < 4.78 is 13.0. The highest BCUT2D eigenvalue weighted by Gasteiger charge is 2.39. The van der Waals surface area contributed by atoms with Crippen LogP contribution in [0, 0.1) is 0 Å². The Morgan fingerprint density at radius 2 is 0.872 bits per heavy atom. The maximum atomic E-state index is 6.67. The van der Waals surface area contributed by atoms with E-state index in [4.69, 9.17) is 9.47 Å². The first kappa shape index (κ1) is 26.2. The fourth-order valence-corrected chi connectivity index (χ4v) is 7.83. The smallest absolute Gasteiger partial charge is 0.260 e. The molecule has 0 saturated heterocycles. The second-order valence-electron chi connectivity index (χ2n) is 12.3. The van der Waals surface area contributed by atoms with Crippen molar-refractivity contribution in [2.24, 2.45) is 0 Å². The van der Waals surface area contributed by atoms with Gasteiger partial charge in [-0.2, -0.15) is 0 Å². The molecule has 47 heavy (non-hydrogen) atoms. The molecule has 0 spiro atoms. The van der Waals surface area contributed by atoms with Gasteiger partial charge in [-0.3, -0.25) is 0 Å². The van der Waals surface area contributed by atoms with Gasteiger partial charge >= 0.3 is 0 Å². The first-order valence-corrected chi connectivity index (χ1v) is 16.1. The first-order chi connectivity index (χ1) is 23.3. The lowest BCUT2D eigenvalue weighted by atomic mass is 9.35. The van der Waals surface area contributed by atoms with Crippen LogP contribution in [0.3, 0.4) is 0 Å². The molecule has 3 heteroatoms. The van der Waals surface area contributed by atoms with E-state index < -0.39 is 0 Å². The van der Waals surface area contributed by atoms with Gasteiger partial charge in [-0.15, -0.1) is 0 Å². The molecule has 0 unspecified atom stereocenters. The first-order valence-electron chi connectivity index (χ1n) is 16.1. The summed E-state index contributed by atoms with van der Waals surface area (Å²) in [4.78, 5) is 0. The lowest BCUT2D eigenvalue weighted by molar-refractivity contribution is 0.464. The third kappa shape index (κ3) is 3.93. The van der Waals surface area contributed by atoms with E-state index in [0.29, 0.717) is 0 Å². The van der Waals surface area contributed by atoms with Gasteiger partial charge in [0.05, 0.1) is 0 Å². The van der Waals surface area contributed by atoms with Gasteiger partial charge < -0.3 is 9.47 Å². The van der Waals surface area contributed by atoms with Crippen LogP contribution in [0.25, 0.3) is 54.9 Å². The van der Waals surface area contributed by atoms with E-state index in [1.165, 1.54) is 54.8 Å². The van der Waals surface area contributed by atoms with Crippen LogP contribution in [0.15, 0.2) is 164 Å². The average Bonchev–Trinajstić information content (AvgIpc) is 3.14. The van der Waals surface area contributed by atoms with Crippen molar-refractivity contribution in [1.82, 2.24) is 0 Å².